The summed E-state index contributed by atoms with van der Waals surface area (Å²) in [5.74, 6) is -4.17. The predicted molar refractivity (Wildman–Crippen MR) is 334 cm³/mol. The number of nitrogens with one attached hydrogen (secondary N) is 2. The van der Waals surface area contributed by atoms with Crippen LogP contribution < -0.4 is 26.5 Å². The van der Waals surface area contributed by atoms with Crippen molar-refractivity contribution < 1.29 is 77.0 Å². The molecule has 4 aliphatic heterocycles. The van der Waals surface area contributed by atoms with Gasteiger partial charge in [0.2, 0.25) is 17.4 Å². The number of aryl methyl sites for hydroxylation is 2. The Balaban J connectivity index is 0.000000217. The van der Waals surface area contributed by atoms with E-state index in [-0.39, 0.29) is 102 Å². The molecule has 8 heterocycles. The van der Waals surface area contributed by atoms with Crippen molar-refractivity contribution in [3.05, 3.63) is 114 Å². The van der Waals surface area contributed by atoms with Crippen molar-refractivity contribution in [1.29, 1.82) is 0 Å². The number of fused-ring (bicyclic) bond motifs is 10. The van der Waals surface area contributed by atoms with Gasteiger partial charge in [-0.2, -0.15) is 0 Å². The van der Waals surface area contributed by atoms with Gasteiger partial charge in [0.05, 0.1) is 70.1 Å². The number of hydrogen-bond acceptors (Lipinski definition) is 20. The van der Waals surface area contributed by atoms with E-state index in [1.165, 1.54) is 13.8 Å². The standard InChI is InChI=1S/2C34H39N3O9/c1-5-8-9-10-26(19(4)38)35-29(39)17-44-18-30(40)46-20-11-12-27-22(13-20)21(6-2)23-15-37-28(31(23)36-27)14-25-24(32(37)41)16-45-33(42)34(25,43)7-3;1-5-8-9-10-26(19(4)38)35-29(40)17-44-18-30(41)46-34(7-3)25-14-28-31-23(15-37(28)32(42)24(25)16-45-33(34)43)21(6-2)22-13-20(39)11-12-27(22)36-31/h11-14,26,43H,5-10,15-18H2,1-4H3,(H,35,39);11-14,26,39H,5-10,15-18H2,1-4H3,(H,35,40)/t2*26?,34-/m00/s1. The molecule has 0 aliphatic carbocycles. The van der Waals surface area contributed by atoms with Crippen molar-refractivity contribution in [1.82, 2.24) is 29.7 Å². The first-order valence-corrected chi connectivity index (χ1v) is 31.5. The van der Waals surface area contributed by atoms with Gasteiger partial charge in [-0.1, -0.05) is 80.1 Å². The lowest BCUT2D eigenvalue weighted by atomic mass is 9.85. The Bertz CT molecular complexity index is 4080. The minimum absolute atomic E-state index is 0.0243. The largest absolute Gasteiger partial charge is 0.508 e. The Morgan fingerprint density at radius 3 is 1.59 bits per heavy atom. The van der Waals surface area contributed by atoms with Gasteiger partial charge in [0.25, 0.3) is 11.1 Å². The molecule has 2 amide bonds. The van der Waals surface area contributed by atoms with Crippen molar-refractivity contribution in [2.24, 2.45) is 0 Å². The van der Waals surface area contributed by atoms with Crippen LogP contribution in [0.4, 0.5) is 0 Å². The molecule has 0 bridgehead atoms. The molecule has 0 spiro atoms. The first-order valence-electron chi connectivity index (χ1n) is 31.5. The number of phenolic OH excluding ortho intramolecular Hbond substituents is 1. The van der Waals surface area contributed by atoms with Crippen LogP contribution in [-0.4, -0.2) is 115 Å². The number of unbranched alkanes of at least 4 members (excludes halogenated alkanes) is 4. The van der Waals surface area contributed by atoms with Gasteiger partial charge in [0.15, 0.2) is 17.2 Å². The lowest BCUT2D eigenvalue weighted by Gasteiger charge is -2.35. The van der Waals surface area contributed by atoms with Crippen molar-refractivity contribution in [2.45, 2.75) is 182 Å². The summed E-state index contributed by atoms with van der Waals surface area (Å²) in [5.41, 5.74) is 3.38. The molecule has 6 aromatic rings. The molecule has 488 valence electrons. The number of ether oxygens (including phenoxy) is 6. The van der Waals surface area contributed by atoms with Gasteiger partial charge < -0.3 is 58.4 Å². The number of pyridine rings is 4. The number of carbonyl (C=O) groups is 8. The number of nitrogens with zero attached hydrogens (tertiary/aromatic N) is 4. The topological polar surface area (TPSA) is 326 Å². The SMILES string of the molecule is CCCCCC(NC(=O)COCC(=O)O[C@]1(CC)C(=O)OCc2c1cc1n(c2=O)Cc2c-1nc1ccc(O)cc1c2CC)C(C)=O.CCCCCC(NC(=O)COCC(=O)Oc1ccc2nc3c(c(CC)c2c1)Cn1c-3cc2c(c1=O)COC(=O)[C@]2(O)CC)C(C)=O. The lowest BCUT2D eigenvalue weighted by Crippen LogP contribution is -2.48. The molecule has 4 N–H and O–H groups in total. The van der Waals surface area contributed by atoms with Crippen molar-refractivity contribution >= 4 is 69.1 Å². The summed E-state index contributed by atoms with van der Waals surface area (Å²) in [5, 5.41) is 28.1. The van der Waals surface area contributed by atoms with Crippen LogP contribution in [0, 0.1) is 0 Å². The Labute approximate surface area is 530 Å². The first-order chi connectivity index (χ1) is 44.1. The predicted octanol–water partition coefficient (Wildman–Crippen LogP) is 6.79. The first kappa shape index (κ1) is 67.4. The molecule has 4 aliphatic rings. The average Bonchev–Trinajstić information content (AvgIpc) is 1.50. The molecule has 0 saturated carbocycles. The maximum atomic E-state index is 13.9. The third-order valence-electron chi connectivity index (χ3n) is 17.5. The summed E-state index contributed by atoms with van der Waals surface area (Å²) in [6.07, 6.45) is 7.83. The van der Waals surface area contributed by atoms with Crippen LogP contribution in [0.5, 0.6) is 11.5 Å². The summed E-state index contributed by atoms with van der Waals surface area (Å²) < 4.78 is 35.5. The smallest absolute Gasteiger partial charge is 0.355 e. The molecule has 0 fully saturated rings. The van der Waals surface area contributed by atoms with E-state index in [4.69, 9.17) is 38.4 Å². The third-order valence-corrected chi connectivity index (χ3v) is 17.5. The summed E-state index contributed by atoms with van der Waals surface area (Å²) in [7, 11) is 0. The van der Waals surface area contributed by atoms with Crippen LogP contribution in [0.1, 0.15) is 164 Å². The number of carbonyl (C=O) groups excluding carboxylic acids is 8. The number of amides is 2. The van der Waals surface area contributed by atoms with Crippen LogP contribution in [0.15, 0.2) is 58.1 Å². The molecule has 92 heavy (non-hydrogen) atoms. The summed E-state index contributed by atoms with van der Waals surface area (Å²) in [6, 6.07) is 12.1. The number of esters is 4. The second-order valence-electron chi connectivity index (χ2n) is 23.5. The van der Waals surface area contributed by atoms with Crippen LogP contribution >= 0.6 is 0 Å². The van der Waals surface area contributed by atoms with Crippen LogP contribution in [0.2, 0.25) is 0 Å². The van der Waals surface area contributed by atoms with E-state index < -0.39 is 78.8 Å². The Kier molecular flexibility index (Phi) is 21.0. The quantitative estimate of drug-likeness (QED) is 0.0188. The number of hydrogen-bond donors (Lipinski definition) is 4. The van der Waals surface area contributed by atoms with Gasteiger partial charge in [0.1, 0.15) is 51.1 Å². The monoisotopic (exact) mass is 1270 g/mol. The molecule has 2 unspecified atom stereocenters. The molecule has 24 nitrogen and oxygen atoms in total. The lowest BCUT2D eigenvalue weighted by molar-refractivity contribution is -0.192. The number of phenols is 1. The van der Waals surface area contributed by atoms with E-state index in [0.717, 1.165) is 71.6 Å². The van der Waals surface area contributed by atoms with E-state index in [0.29, 0.717) is 59.5 Å². The third kappa shape index (κ3) is 13.5. The van der Waals surface area contributed by atoms with Crippen molar-refractivity contribution in [3.63, 3.8) is 0 Å². The fourth-order valence-corrected chi connectivity index (χ4v) is 12.6. The number of benzene rings is 2. The Hall–Kier alpha value is -9.00. The fraction of sp³-hybridized carbons (Fsp3) is 0.471. The summed E-state index contributed by atoms with van der Waals surface area (Å²) in [6.45, 7) is 12.2. The zero-order chi connectivity index (χ0) is 66.3. The summed E-state index contributed by atoms with van der Waals surface area (Å²) in [4.78, 5) is 137. The summed E-state index contributed by atoms with van der Waals surface area (Å²) >= 11 is 0. The number of aliphatic hydroxyl groups is 1. The van der Waals surface area contributed by atoms with Gasteiger partial charge in [0, 0.05) is 33.0 Å². The molecule has 0 saturated heterocycles. The second-order valence-corrected chi connectivity index (χ2v) is 23.5. The van der Waals surface area contributed by atoms with Crippen molar-refractivity contribution in [2.75, 3.05) is 26.4 Å². The zero-order valence-electron chi connectivity index (χ0n) is 53.1. The highest BCUT2D eigenvalue weighted by atomic mass is 16.6. The minimum atomic E-state index is -1.91. The minimum Gasteiger partial charge on any atom is -0.508 e. The highest BCUT2D eigenvalue weighted by molar-refractivity contribution is 5.93. The molecular formula is C68H78N6O18. The zero-order valence-corrected chi connectivity index (χ0v) is 53.1. The van der Waals surface area contributed by atoms with Gasteiger partial charge in [-0.15, -0.1) is 0 Å². The number of aromatic hydroxyl groups is 1. The van der Waals surface area contributed by atoms with E-state index in [1.807, 2.05) is 20.8 Å². The second kappa shape index (κ2) is 28.7. The van der Waals surface area contributed by atoms with Gasteiger partial charge in [-0.3, -0.25) is 28.8 Å². The van der Waals surface area contributed by atoms with Crippen LogP contribution in [0.25, 0.3) is 44.6 Å². The normalized spacial score (nSPS) is 17.1. The Morgan fingerprint density at radius 2 is 1.09 bits per heavy atom. The van der Waals surface area contributed by atoms with Gasteiger partial charge >= 0.3 is 23.9 Å². The molecular weight excluding hydrogens is 1190 g/mol. The Morgan fingerprint density at radius 1 is 0.598 bits per heavy atom. The molecule has 24 heteroatoms. The van der Waals surface area contributed by atoms with Crippen molar-refractivity contribution in [3.8, 4) is 34.3 Å². The number of cyclic esters (lactones) is 2. The van der Waals surface area contributed by atoms with E-state index in [2.05, 4.69) is 17.6 Å². The van der Waals surface area contributed by atoms with Crippen LogP contribution in [-0.2, 0) is 112 Å². The molecule has 2 aromatic carbocycles. The van der Waals surface area contributed by atoms with E-state index in [1.54, 1.807) is 71.5 Å². The maximum Gasteiger partial charge on any atom is 0.355 e. The average molecular weight is 1270 g/mol. The maximum absolute atomic E-state index is 13.9. The highest BCUT2D eigenvalue weighted by Crippen LogP contribution is 2.44. The number of rotatable bonds is 26. The molecule has 0 radical (unpaired) electrons. The van der Waals surface area contributed by atoms with E-state index >= 15 is 0 Å². The molecule has 4 atom stereocenters. The van der Waals surface area contributed by atoms with Gasteiger partial charge in [-0.25, -0.2) is 29.1 Å². The molecule has 4 aromatic heterocycles. The van der Waals surface area contributed by atoms with Gasteiger partial charge in [-0.05, 0) is 112 Å². The number of aromatic nitrogens is 4. The number of ketones is 2. The van der Waals surface area contributed by atoms with Crippen LogP contribution in [0.3, 0.4) is 0 Å². The highest BCUT2D eigenvalue weighted by Gasteiger charge is 2.51. The van der Waals surface area contributed by atoms with E-state index in [9.17, 15) is 58.2 Å². The fourth-order valence-electron chi connectivity index (χ4n) is 12.6. The molecule has 10 rings (SSSR count). The number of Topliss-reactive ketones (excluding diaryl/α,β-unsaturated/α-hetero) is 2.